The van der Waals surface area contributed by atoms with Crippen molar-refractivity contribution in [2.24, 2.45) is 5.14 Å². The lowest BCUT2D eigenvalue weighted by molar-refractivity contribution is 0.357. The van der Waals surface area contributed by atoms with E-state index in [1.165, 1.54) is 10.4 Å². The zero-order valence-corrected chi connectivity index (χ0v) is 15.5. The third-order valence-corrected chi connectivity index (χ3v) is 8.87. The summed E-state index contributed by atoms with van der Waals surface area (Å²) in [6.45, 7) is 3.26. The van der Waals surface area contributed by atoms with Gasteiger partial charge in [0.25, 0.3) is 10.0 Å². The number of thioether (sulfide) groups is 1. The van der Waals surface area contributed by atoms with Crippen LogP contribution in [0.15, 0.2) is 14.5 Å². The minimum absolute atomic E-state index is 0.0785. The summed E-state index contributed by atoms with van der Waals surface area (Å²) in [4.78, 5) is 0. The van der Waals surface area contributed by atoms with Gasteiger partial charge in [-0.25, -0.2) is 22.0 Å². The summed E-state index contributed by atoms with van der Waals surface area (Å²) in [5.74, 6) is 0.681. The van der Waals surface area contributed by atoms with Crippen LogP contribution >= 0.6 is 23.1 Å². The fourth-order valence-electron chi connectivity index (χ4n) is 2.29. The normalized spacial score (nSPS) is 21.7. The second-order valence-electron chi connectivity index (χ2n) is 4.82. The van der Waals surface area contributed by atoms with Gasteiger partial charge in [0, 0.05) is 30.4 Å². The number of rotatable bonds is 6. The minimum atomic E-state index is -3.92. The molecule has 1 unspecified atom stereocenters. The van der Waals surface area contributed by atoms with Gasteiger partial charge in [0.15, 0.2) is 0 Å². The van der Waals surface area contributed by atoms with E-state index in [0.717, 1.165) is 11.3 Å². The van der Waals surface area contributed by atoms with Crippen LogP contribution in [0.2, 0.25) is 0 Å². The molecule has 1 aliphatic heterocycles. The molecule has 1 aromatic heterocycles. The molecular weight excluding hydrogens is 366 g/mol. The lowest BCUT2D eigenvalue weighted by atomic mass is 10.1. The third kappa shape index (κ3) is 3.50. The Balaban J connectivity index is 2.52. The number of nitrogens with zero attached hydrogens (tertiary/aromatic N) is 1. The third-order valence-electron chi connectivity index (χ3n) is 3.31. The van der Waals surface area contributed by atoms with E-state index in [-0.39, 0.29) is 14.5 Å². The summed E-state index contributed by atoms with van der Waals surface area (Å²) in [5.41, 5.74) is 0.497. The summed E-state index contributed by atoms with van der Waals surface area (Å²) in [5, 5.41) is 8.35. The van der Waals surface area contributed by atoms with Gasteiger partial charge in [-0.3, -0.25) is 0 Å². The Bertz CT molecular complexity index is 741. The number of nitrogens with two attached hydrogens (primary N) is 1. The largest absolute Gasteiger partial charge is 0.309 e. The topological polar surface area (TPSA) is 110 Å². The molecule has 2 heterocycles. The molecule has 2 rings (SSSR count). The van der Waals surface area contributed by atoms with Crippen LogP contribution in [0, 0.1) is 0 Å². The molecule has 0 aliphatic carbocycles. The number of sulfonamides is 2. The van der Waals surface area contributed by atoms with Crippen LogP contribution in [-0.2, 0) is 20.0 Å². The number of hydrogen-bond donors (Lipinski definition) is 2. The molecule has 0 aromatic carbocycles. The zero-order chi connectivity index (χ0) is 16.5. The maximum atomic E-state index is 12.7. The van der Waals surface area contributed by atoms with Crippen LogP contribution in [-0.4, -0.2) is 52.8 Å². The number of thiophene rings is 1. The van der Waals surface area contributed by atoms with Gasteiger partial charge < -0.3 is 5.32 Å². The molecule has 0 fully saturated rings. The first-order valence-corrected chi connectivity index (χ1v) is 11.8. The van der Waals surface area contributed by atoms with Gasteiger partial charge in [-0.2, -0.15) is 16.1 Å². The molecule has 0 bridgehead atoms. The maximum absolute atomic E-state index is 12.7. The van der Waals surface area contributed by atoms with Crippen LogP contribution in [0.1, 0.15) is 18.5 Å². The Hall–Kier alpha value is -0.170. The Kier molecular flexibility index (Phi) is 5.58. The second-order valence-corrected chi connectivity index (χ2v) is 10.8. The molecule has 0 saturated heterocycles. The van der Waals surface area contributed by atoms with E-state index in [2.05, 4.69) is 5.32 Å². The van der Waals surface area contributed by atoms with Gasteiger partial charge >= 0.3 is 0 Å². The van der Waals surface area contributed by atoms with E-state index in [1.807, 2.05) is 13.2 Å². The predicted octanol–water partition coefficient (Wildman–Crippen LogP) is 0.413. The molecule has 0 radical (unpaired) electrons. The van der Waals surface area contributed by atoms with Crippen molar-refractivity contribution in [2.75, 3.05) is 31.6 Å². The van der Waals surface area contributed by atoms with Gasteiger partial charge in [-0.1, -0.05) is 6.92 Å². The molecule has 11 heteroatoms. The number of likely N-dealkylation sites (N-methyl/N-ethyl adjacent to an activating group) is 1. The fraction of sp³-hybridized carbons (Fsp3) is 0.636. The summed E-state index contributed by atoms with van der Waals surface area (Å²) in [7, 11) is -7.58. The quantitative estimate of drug-likeness (QED) is 0.734. The molecule has 22 heavy (non-hydrogen) atoms. The van der Waals surface area contributed by atoms with Crippen molar-refractivity contribution < 1.29 is 16.8 Å². The van der Waals surface area contributed by atoms with E-state index in [1.54, 1.807) is 11.8 Å². The highest BCUT2D eigenvalue weighted by Crippen LogP contribution is 2.39. The average molecular weight is 386 g/mol. The second kappa shape index (κ2) is 6.75. The van der Waals surface area contributed by atoms with Gasteiger partial charge in [-0.15, -0.1) is 11.3 Å². The SMILES string of the molecule is CCNC1CN(CCSC)S(=O)(=O)c2sc(S(N)(=O)=O)cc21. The Morgan fingerprint density at radius 2 is 2.23 bits per heavy atom. The fourth-order valence-corrected chi connectivity index (χ4v) is 7.08. The van der Waals surface area contributed by atoms with Crippen molar-refractivity contribution in [1.29, 1.82) is 0 Å². The highest BCUT2D eigenvalue weighted by atomic mass is 32.3. The summed E-state index contributed by atoms with van der Waals surface area (Å²) >= 11 is 2.29. The van der Waals surface area contributed by atoms with Crippen LogP contribution < -0.4 is 10.5 Å². The van der Waals surface area contributed by atoms with E-state index in [0.29, 0.717) is 31.0 Å². The smallest absolute Gasteiger partial charge is 0.253 e. The first-order chi connectivity index (χ1) is 10.2. The van der Waals surface area contributed by atoms with E-state index in [4.69, 9.17) is 5.14 Å². The van der Waals surface area contributed by atoms with Gasteiger partial charge in [0.2, 0.25) is 10.0 Å². The van der Waals surface area contributed by atoms with Crippen molar-refractivity contribution in [1.82, 2.24) is 9.62 Å². The summed E-state index contributed by atoms with van der Waals surface area (Å²) < 4.78 is 49.8. The van der Waals surface area contributed by atoms with E-state index in [9.17, 15) is 16.8 Å². The van der Waals surface area contributed by atoms with Crippen molar-refractivity contribution >= 4 is 43.1 Å². The highest BCUT2D eigenvalue weighted by molar-refractivity contribution is 7.98. The standard InChI is InChI=1S/C11H19N3O4S4/c1-3-13-9-7-14(4-5-19-2)22(17,18)11-8(9)6-10(20-11)21(12,15)16/h6,9,13H,3-5,7H2,1-2H3,(H2,12,15,16). The zero-order valence-electron chi connectivity index (χ0n) is 12.3. The lowest BCUT2D eigenvalue weighted by Crippen LogP contribution is -2.44. The number of primary sulfonamides is 1. The molecule has 0 spiro atoms. The van der Waals surface area contributed by atoms with Crippen LogP contribution in [0.25, 0.3) is 0 Å². The Morgan fingerprint density at radius 1 is 1.55 bits per heavy atom. The monoisotopic (exact) mass is 385 g/mol. The average Bonchev–Trinajstić information content (AvgIpc) is 2.87. The van der Waals surface area contributed by atoms with Crippen LogP contribution in [0.4, 0.5) is 0 Å². The van der Waals surface area contributed by atoms with Gasteiger partial charge in [0.1, 0.15) is 8.42 Å². The number of fused-ring (bicyclic) bond motifs is 1. The lowest BCUT2D eigenvalue weighted by Gasteiger charge is -2.32. The van der Waals surface area contributed by atoms with Gasteiger partial charge in [-0.05, 0) is 18.9 Å². The molecule has 0 amide bonds. The summed E-state index contributed by atoms with van der Waals surface area (Å²) in [6, 6.07) is 1.16. The Labute approximate surface area is 139 Å². The Morgan fingerprint density at radius 3 is 2.77 bits per heavy atom. The predicted molar refractivity (Wildman–Crippen MR) is 89.3 cm³/mol. The van der Waals surface area contributed by atoms with Crippen molar-refractivity contribution in [2.45, 2.75) is 21.4 Å². The maximum Gasteiger partial charge on any atom is 0.253 e. The first-order valence-electron chi connectivity index (χ1n) is 6.60. The number of nitrogens with one attached hydrogen (secondary N) is 1. The molecule has 1 aliphatic rings. The molecule has 1 aromatic rings. The molecule has 7 nitrogen and oxygen atoms in total. The number of hydrogen-bond acceptors (Lipinski definition) is 7. The minimum Gasteiger partial charge on any atom is -0.309 e. The van der Waals surface area contributed by atoms with Crippen molar-refractivity contribution in [3.05, 3.63) is 11.6 Å². The molecule has 0 saturated carbocycles. The highest BCUT2D eigenvalue weighted by Gasteiger charge is 2.39. The molecule has 126 valence electrons. The van der Waals surface area contributed by atoms with Crippen molar-refractivity contribution in [3.63, 3.8) is 0 Å². The molecular formula is C11H19N3O4S4. The van der Waals surface area contributed by atoms with E-state index >= 15 is 0 Å². The van der Waals surface area contributed by atoms with Gasteiger partial charge in [0.05, 0.1) is 0 Å². The molecule has 3 N–H and O–H groups in total. The molecule has 1 atom stereocenters. The van der Waals surface area contributed by atoms with E-state index < -0.39 is 20.0 Å². The van der Waals surface area contributed by atoms with Crippen LogP contribution in [0.3, 0.4) is 0 Å². The first kappa shape index (κ1) is 18.2. The summed E-state index contributed by atoms with van der Waals surface area (Å²) in [6.07, 6.45) is 1.91. The van der Waals surface area contributed by atoms with Crippen LogP contribution in [0.5, 0.6) is 0 Å². The van der Waals surface area contributed by atoms with Crippen molar-refractivity contribution in [3.8, 4) is 0 Å².